The smallest absolute Gasteiger partial charge is 0.0542 e. The minimum Gasteiger partial charge on any atom is -0.396 e. The zero-order valence-corrected chi connectivity index (χ0v) is 20.5. The van der Waals surface area contributed by atoms with Crippen LogP contribution in [-0.2, 0) is 13.0 Å². The molecule has 0 radical (unpaired) electrons. The number of aliphatic hydroxyl groups excluding tert-OH is 1. The van der Waals surface area contributed by atoms with Crippen molar-refractivity contribution >= 4 is 16.6 Å². The molecule has 32 heavy (non-hydrogen) atoms. The molecule has 3 aromatic rings. The maximum absolute atomic E-state index is 10.1. The van der Waals surface area contributed by atoms with Gasteiger partial charge in [-0.3, -0.25) is 4.98 Å². The predicted molar refractivity (Wildman–Crippen MR) is 136 cm³/mol. The maximum Gasteiger partial charge on any atom is 0.0542 e. The van der Waals surface area contributed by atoms with Crippen molar-refractivity contribution in [3.63, 3.8) is 0 Å². The van der Waals surface area contributed by atoms with Crippen LogP contribution in [0, 0.1) is 5.41 Å². The molecule has 3 heterocycles. The number of aromatic nitrogens is 2. The average Bonchev–Trinajstić information content (AvgIpc) is 3.11. The van der Waals surface area contributed by atoms with E-state index in [-0.39, 0.29) is 12.0 Å². The first-order chi connectivity index (χ1) is 15.4. The molecule has 1 aliphatic rings. The number of benzene rings is 1. The number of nitrogens with zero attached hydrogens (tertiary/aromatic N) is 3. The highest BCUT2D eigenvalue weighted by atomic mass is 16.3. The number of hydrogen-bond acceptors (Lipinski definition) is 3. The fraction of sp³-hybridized carbons (Fsp3) is 0.536. The largest absolute Gasteiger partial charge is 0.396 e. The summed E-state index contributed by atoms with van der Waals surface area (Å²) in [7, 11) is 0. The van der Waals surface area contributed by atoms with Crippen molar-refractivity contribution in [3.05, 3.63) is 47.8 Å². The Morgan fingerprint density at radius 1 is 1.09 bits per heavy atom. The molecule has 1 saturated heterocycles. The van der Waals surface area contributed by atoms with Gasteiger partial charge in [-0.05, 0) is 79.8 Å². The van der Waals surface area contributed by atoms with Crippen LogP contribution in [0.2, 0.25) is 0 Å². The number of fused-ring (bicyclic) bond motifs is 1. The molecule has 4 rings (SSSR count). The molecule has 1 aliphatic heterocycles. The van der Waals surface area contributed by atoms with Crippen LogP contribution in [-0.4, -0.2) is 34.4 Å². The molecule has 0 saturated carbocycles. The molecule has 0 amide bonds. The molecule has 1 aromatic carbocycles. The molecule has 0 unspecified atom stereocenters. The van der Waals surface area contributed by atoms with Crippen LogP contribution in [0.5, 0.6) is 0 Å². The molecule has 0 bridgehead atoms. The molecule has 0 atom stereocenters. The summed E-state index contributed by atoms with van der Waals surface area (Å²) in [6.45, 7) is 14.3. The van der Waals surface area contributed by atoms with Crippen molar-refractivity contribution in [2.45, 2.75) is 72.8 Å². The highest BCUT2D eigenvalue weighted by Gasteiger charge is 2.27. The molecule has 172 valence electrons. The number of piperidine rings is 1. The number of pyridine rings is 1. The third kappa shape index (κ3) is 4.30. The van der Waals surface area contributed by atoms with Gasteiger partial charge in [-0.15, -0.1) is 0 Å². The minimum absolute atomic E-state index is 0.168. The third-order valence-corrected chi connectivity index (χ3v) is 6.91. The molecular formula is C28H39N3O. The first kappa shape index (κ1) is 22.8. The lowest BCUT2D eigenvalue weighted by atomic mass is 9.84. The summed E-state index contributed by atoms with van der Waals surface area (Å²) in [5, 5.41) is 11.5. The lowest BCUT2D eigenvalue weighted by Gasteiger charge is -2.29. The lowest BCUT2D eigenvalue weighted by Crippen LogP contribution is -2.29. The first-order valence-corrected chi connectivity index (χ1v) is 12.3. The molecule has 2 aromatic heterocycles. The van der Waals surface area contributed by atoms with E-state index in [2.05, 4.69) is 74.4 Å². The van der Waals surface area contributed by atoms with Gasteiger partial charge in [0.15, 0.2) is 0 Å². The minimum atomic E-state index is -0.192. The summed E-state index contributed by atoms with van der Waals surface area (Å²) in [4.78, 5) is 7.32. The van der Waals surface area contributed by atoms with Crippen molar-refractivity contribution in [1.82, 2.24) is 9.55 Å². The number of hydrogen-bond donors (Lipinski definition) is 1. The van der Waals surface area contributed by atoms with Gasteiger partial charge in [0.1, 0.15) is 0 Å². The van der Waals surface area contributed by atoms with E-state index in [9.17, 15) is 5.11 Å². The summed E-state index contributed by atoms with van der Waals surface area (Å²) < 4.78 is 2.46. The van der Waals surface area contributed by atoms with E-state index in [0.29, 0.717) is 5.92 Å². The van der Waals surface area contributed by atoms with Crippen molar-refractivity contribution in [1.29, 1.82) is 0 Å². The molecule has 0 aliphatic carbocycles. The number of rotatable bonds is 7. The summed E-state index contributed by atoms with van der Waals surface area (Å²) in [5.41, 5.74) is 7.41. The molecule has 0 spiro atoms. The van der Waals surface area contributed by atoms with Crippen LogP contribution < -0.4 is 4.90 Å². The Morgan fingerprint density at radius 3 is 2.50 bits per heavy atom. The number of aliphatic hydroxyl groups is 1. The molecule has 1 fully saturated rings. The normalized spacial score (nSPS) is 15.2. The fourth-order valence-electron chi connectivity index (χ4n) is 5.19. The molecular weight excluding hydrogens is 394 g/mol. The second-order valence-electron chi connectivity index (χ2n) is 10.4. The van der Waals surface area contributed by atoms with Crippen LogP contribution in [0.1, 0.15) is 71.1 Å². The predicted octanol–water partition coefficient (Wildman–Crippen LogP) is 6.40. The van der Waals surface area contributed by atoms with Crippen molar-refractivity contribution in [3.8, 4) is 11.3 Å². The Balaban J connectivity index is 1.99. The fourth-order valence-corrected chi connectivity index (χ4v) is 5.19. The lowest BCUT2D eigenvalue weighted by molar-refractivity contribution is 0.160. The van der Waals surface area contributed by atoms with E-state index in [1.54, 1.807) is 0 Å². The van der Waals surface area contributed by atoms with E-state index in [0.717, 1.165) is 31.7 Å². The number of anilines is 1. The van der Waals surface area contributed by atoms with Gasteiger partial charge < -0.3 is 14.6 Å². The van der Waals surface area contributed by atoms with Gasteiger partial charge in [-0.25, -0.2) is 0 Å². The first-order valence-electron chi connectivity index (χ1n) is 12.3. The zero-order valence-electron chi connectivity index (χ0n) is 20.5. The van der Waals surface area contributed by atoms with Gasteiger partial charge in [0.05, 0.1) is 11.4 Å². The van der Waals surface area contributed by atoms with Gasteiger partial charge in [0, 0.05) is 54.6 Å². The second kappa shape index (κ2) is 9.27. The third-order valence-electron chi connectivity index (χ3n) is 6.91. The highest BCUT2D eigenvalue weighted by Crippen LogP contribution is 2.41. The molecule has 1 N–H and O–H groups in total. The Morgan fingerprint density at radius 2 is 1.84 bits per heavy atom. The zero-order chi connectivity index (χ0) is 22.9. The van der Waals surface area contributed by atoms with Crippen LogP contribution in [0.25, 0.3) is 22.2 Å². The summed E-state index contributed by atoms with van der Waals surface area (Å²) >= 11 is 0. The van der Waals surface area contributed by atoms with E-state index in [1.807, 2.05) is 6.20 Å². The van der Waals surface area contributed by atoms with Gasteiger partial charge in [0.25, 0.3) is 0 Å². The van der Waals surface area contributed by atoms with Crippen LogP contribution in [0.15, 0.2) is 36.5 Å². The Hall–Kier alpha value is -2.33. The summed E-state index contributed by atoms with van der Waals surface area (Å²) in [5.74, 6) is 0.345. The van der Waals surface area contributed by atoms with Gasteiger partial charge in [-0.1, -0.05) is 27.7 Å². The Bertz CT molecular complexity index is 1070. The molecule has 4 heteroatoms. The van der Waals surface area contributed by atoms with E-state index < -0.39 is 0 Å². The number of aryl methyl sites for hydroxylation is 1. The quantitative estimate of drug-likeness (QED) is 0.469. The van der Waals surface area contributed by atoms with Crippen molar-refractivity contribution < 1.29 is 5.11 Å². The Kier molecular flexibility index (Phi) is 6.62. The maximum atomic E-state index is 10.1. The standard InChI is InChI=1S/C28H39N3O/c1-6-31-25-13-12-21(30-15-8-7-9-16-30)17-23(25)24(18-28(4,5)19-32)27(31)22-11-10-14-29-26(22)20(2)3/h10-14,17,20,32H,6-9,15-16,18-19H2,1-5H3. The topological polar surface area (TPSA) is 41.3 Å². The molecule has 4 nitrogen and oxygen atoms in total. The summed E-state index contributed by atoms with van der Waals surface area (Å²) in [6.07, 6.45) is 6.62. The van der Waals surface area contributed by atoms with Crippen LogP contribution in [0.3, 0.4) is 0 Å². The van der Waals surface area contributed by atoms with Gasteiger partial charge in [0.2, 0.25) is 0 Å². The van der Waals surface area contributed by atoms with E-state index in [1.165, 1.54) is 52.7 Å². The van der Waals surface area contributed by atoms with Crippen LogP contribution in [0.4, 0.5) is 5.69 Å². The van der Waals surface area contributed by atoms with Crippen LogP contribution >= 0.6 is 0 Å². The Labute approximate surface area is 193 Å². The summed E-state index contributed by atoms with van der Waals surface area (Å²) in [6, 6.07) is 11.3. The average molecular weight is 434 g/mol. The second-order valence-corrected chi connectivity index (χ2v) is 10.4. The van der Waals surface area contributed by atoms with Gasteiger partial charge in [-0.2, -0.15) is 0 Å². The SMILES string of the molecule is CCn1c(-c2cccnc2C(C)C)c(CC(C)(C)CO)c2cc(N3CCCCC3)ccc21. The monoisotopic (exact) mass is 433 g/mol. The van der Waals surface area contributed by atoms with Crippen molar-refractivity contribution in [2.24, 2.45) is 5.41 Å². The highest BCUT2D eigenvalue weighted by molar-refractivity contribution is 5.94. The van der Waals surface area contributed by atoms with E-state index >= 15 is 0 Å². The van der Waals surface area contributed by atoms with Crippen molar-refractivity contribution in [2.75, 3.05) is 24.6 Å². The van der Waals surface area contributed by atoms with E-state index in [4.69, 9.17) is 4.98 Å². The van der Waals surface area contributed by atoms with Gasteiger partial charge >= 0.3 is 0 Å².